The van der Waals surface area contributed by atoms with E-state index in [1.807, 2.05) is 7.05 Å². The molecule has 0 aromatic heterocycles. The molecule has 5 nitrogen and oxygen atoms in total. The van der Waals surface area contributed by atoms with Crippen LogP contribution in [0.3, 0.4) is 0 Å². The van der Waals surface area contributed by atoms with Crippen LogP contribution in [0.2, 0.25) is 0 Å². The molecule has 1 N–H and O–H groups in total. The summed E-state index contributed by atoms with van der Waals surface area (Å²) in [6, 6.07) is 0. The lowest BCUT2D eigenvalue weighted by atomic mass is 10.4. The number of sulfonamides is 1. The standard InChI is InChI=1S/C7H17N3O2S/c1-3-13(11,12)8-10-6-4-9(2)5-7-10/h8H,3-7H2,1-2H3. The van der Waals surface area contributed by atoms with Crippen LogP contribution in [0.25, 0.3) is 0 Å². The SMILES string of the molecule is CCS(=O)(=O)NN1CCN(C)CC1. The van der Waals surface area contributed by atoms with Gasteiger partial charge in [-0.25, -0.2) is 13.4 Å². The van der Waals surface area contributed by atoms with Crippen molar-refractivity contribution in [3.05, 3.63) is 0 Å². The van der Waals surface area contributed by atoms with E-state index in [2.05, 4.69) is 9.73 Å². The minimum absolute atomic E-state index is 0.138. The van der Waals surface area contributed by atoms with Crippen LogP contribution in [0.15, 0.2) is 0 Å². The first kappa shape index (κ1) is 10.9. The Balaban J connectivity index is 2.39. The molecule has 0 saturated carbocycles. The van der Waals surface area contributed by atoms with E-state index in [-0.39, 0.29) is 5.75 Å². The molecular weight excluding hydrogens is 190 g/mol. The lowest BCUT2D eigenvalue weighted by molar-refractivity contribution is 0.135. The Morgan fingerprint density at radius 1 is 1.23 bits per heavy atom. The second-order valence-electron chi connectivity index (χ2n) is 3.29. The van der Waals surface area contributed by atoms with Crippen molar-refractivity contribution in [2.75, 3.05) is 39.0 Å². The van der Waals surface area contributed by atoms with Crippen molar-refractivity contribution in [3.63, 3.8) is 0 Å². The van der Waals surface area contributed by atoms with E-state index < -0.39 is 10.0 Å². The molecule has 13 heavy (non-hydrogen) atoms. The number of nitrogens with zero attached hydrogens (tertiary/aromatic N) is 2. The Hall–Kier alpha value is -0.170. The van der Waals surface area contributed by atoms with Crippen LogP contribution in [0.4, 0.5) is 0 Å². The number of hydrogen-bond donors (Lipinski definition) is 1. The number of piperazine rings is 1. The Bertz CT molecular complexity index is 244. The normalized spacial score (nSPS) is 22.0. The molecule has 1 saturated heterocycles. The van der Waals surface area contributed by atoms with Gasteiger partial charge < -0.3 is 4.90 Å². The minimum atomic E-state index is -3.08. The summed E-state index contributed by atoms with van der Waals surface area (Å²) in [5.74, 6) is 0.138. The molecule has 0 aromatic rings. The van der Waals surface area contributed by atoms with Gasteiger partial charge >= 0.3 is 0 Å². The van der Waals surface area contributed by atoms with Gasteiger partial charge in [-0.2, -0.15) is 0 Å². The third-order valence-electron chi connectivity index (χ3n) is 2.15. The van der Waals surface area contributed by atoms with Crippen molar-refractivity contribution in [2.45, 2.75) is 6.92 Å². The zero-order valence-electron chi connectivity index (χ0n) is 8.15. The molecule has 0 aliphatic carbocycles. The number of hydrazine groups is 1. The number of rotatable bonds is 3. The highest BCUT2D eigenvalue weighted by atomic mass is 32.2. The van der Waals surface area contributed by atoms with Crippen LogP contribution in [0.1, 0.15) is 6.92 Å². The van der Waals surface area contributed by atoms with Crippen molar-refractivity contribution in [2.24, 2.45) is 0 Å². The van der Waals surface area contributed by atoms with Crippen LogP contribution < -0.4 is 4.83 Å². The molecule has 1 heterocycles. The molecule has 1 aliphatic heterocycles. The van der Waals surface area contributed by atoms with Gasteiger partial charge in [0.05, 0.1) is 5.75 Å². The summed E-state index contributed by atoms with van der Waals surface area (Å²) >= 11 is 0. The van der Waals surface area contributed by atoms with Crippen molar-refractivity contribution in [1.82, 2.24) is 14.7 Å². The van der Waals surface area contributed by atoms with E-state index in [1.54, 1.807) is 11.9 Å². The third kappa shape index (κ3) is 3.60. The molecule has 0 bridgehead atoms. The topological polar surface area (TPSA) is 52.7 Å². The minimum Gasteiger partial charge on any atom is -0.304 e. The largest absolute Gasteiger partial charge is 0.304 e. The summed E-state index contributed by atoms with van der Waals surface area (Å²) in [4.78, 5) is 4.72. The van der Waals surface area contributed by atoms with Gasteiger partial charge in [-0.3, -0.25) is 0 Å². The second-order valence-corrected chi connectivity index (χ2v) is 5.27. The first-order chi connectivity index (χ1) is 6.03. The zero-order valence-corrected chi connectivity index (χ0v) is 8.97. The maximum Gasteiger partial charge on any atom is 0.224 e. The Labute approximate surface area is 79.7 Å². The lowest BCUT2D eigenvalue weighted by Crippen LogP contribution is -2.52. The van der Waals surface area contributed by atoms with Crippen LogP contribution in [0.5, 0.6) is 0 Å². The molecular formula is C7H17N3O2S. The van der Waals surface area contributed by atoms with E-state index in [0.29, 0.717) is 0 Å². The van der Waals surface area contributed by atoms with E-state index >= 15 is 0 Å². The highest BCUT2D eigenvalue weighted by Crippen LogP contribution is 1.97. The molecule has 1 rings (SSSR count). The monoisotopic (exact) mass is 207 g/mol. The predicted octanol–water partition coefficient (Wildman–Crippen LogP) is -0.912. The third-order valence-corrected chi connectivity index (χ3v) is 3.45. The fraction of sp³-hybridized carbons (Fsp3) is 1.00. The fourth-order valence-electron chi connectivity index (χ4n) is 1.16. The van der Waals surface area contributed by atoms with Crippen LogP contribution in [-0.4, -0.2) is 57.3 Å². The highest BCUT2D eigenvalue weighted by Gasteiger charge is 2.17. The zero-order chi connectivity index (χ0) is 9.90. The molecule has 0 spiro atoms. The second kappa shape index (κ2) is 4.36. The van der Waals surface area contributed by atoms with Crippen molar-refractivity contribution < 1.29 is 8.42 Å². The molecule has 0 unspecified atom stereocenters. The smallest absolute Gasteiger partial charge is 0.224 e. The predicted molar refractivity (Wildman–Crippen MR) is 51.7 cm³/mol. The first-order valence-corrected chi connectivity index (χ1v) is 6.12. The molecule has 0 aromatic carbocycles. The molecule has 1 fully saturated rings. The summed E-state index contributed by atoms with van der Waals surface area (Å²) < 4.78 is 22.4. The van der Waals surface area contributed by atoms with Gasteiger partial charge in [-0.15, -0.1) is 4.83 Å². The number of hydrogen-bond acceptors (Lipinski definition) is 4. The van der Waals surface area contributed by atoms with Crippen LogP contribution >= 0.6 is 0 Å². The molecule has 6 heteroatoms. The summed E-state index contributed by atoms with van der Waals surface area (Å²) in [5.41, 5.74) is 0. The molecule has 0 radical (unpaired) electrons. The summed E-state index contributed by atoms with van der Waals surface area (Å²) in [7, 11) is -1.05. The average Bonchev–Trinajstić information content (AvgIpc) is 2.09. The Morgan fingerprint density at radius 3 is 2.23 bits per heavy atom. The van der Waals surface area contributed by atoms with Gasteiger partial charge in [-0.1, -0.05) is 0 Å². The number of likely N-dealkylation sites (N-methyl/N-ethyl adjacent to an activating group) is 1. The maximum absolute atomic E-state index is 11.2. The van der Waals surface area contributed by atoms with Crippen LogP contribution in [0, 0.1) is 0 Å². The molecule has 1 aliphatic rings. The van der Waals surface area contributed by atoms with Gasteiger partial charge in [0, 0.05) is 26.2 Å². The first-order valence-electron chi connectivity index (χ1n) is 4.47. The van der Waals surface area contributed by atoms with Gasteiger partial charge in [0.1, 0.15) is 0 Å². The average molecular weight is 207 g/mol. The van der Waals surface area contributed by atoms with E-state index in [4.69, 9.17) is 0 Å². The Kier molecular flexibility index (Phi) is 3.66. The van der Waals surface area contributed by atoms with Gasteiger partial charge in [-0.05, 0) is 14.0 Å². The van der Waals surface area contributed by atoms with E-state index in [9.17, 15) is 8.42 Å². The van der Waals surface area contributed by atoms with Crippen molar-refractivity contribution >= 4 is 10.0 Å². The molecule has 78 valence electrons. The summed E-state index contributed by atoms with van der Waals surface area (Å²) in [6.45, 7) is 4.97. The quantitative estimate of drug-likeness (QED) is 0.651. The van der Waals surface area contributed by atoms with E-state index in [0.717, 1.165) is 26.2 Å². The summed E-state index contributed by atoms with van der Waals surface area (Å²) in [6.07, 6.45) is 0. The number of nitrogens with one attached hydrogen (secondary N) is 1. The maximum atomic E-state index is 11.2. The Morgan fingerprint density at radius 2 is 1.77 bits per heavy atom. The lowest BCUT2D eigenvalue weighted by Gasteiger charge is -2.31. The van der Waals surface area contributed by atoms with Crippen molar-refractivity contribution in [3.8, 4) is 0 Å². The van der Waals surface area contributed by atoms with Crippen molar-refractivity contribution in [1.29, 1.82) is 0 Å². The van der Waals surface area contributed by atoms with Gasteiger partial charge in [0.25, 0.3) is 0 Å². The van der Waals surface area contributed by atoms with Gasteiger partial charge in [0.2, 0.25) is 10.0 Å². The highest BCUT2D eigenvalue weighted by molar-refractivity contribution is 7.89. The fourth-order valence-corrected chi connectivity index (χ4v) is 1.86. The molecule has 0 atom stereocenters. The molecule has 0 amide bonds. The van der Waals surface area contributed by atoms with Crippen LogP contribution in [-0.2, 0) is 10.0 Å². The summed E-state index contributed by atoms with van der Waals surface area (Å²) in [5, 5.41) is 1.76. The van der Waals surface area contributed by atoms with E-state index in [1.165, 1.54) is 0 Å². The van der Waals surface area contributed by atoms with Gasteiger partial charge in [0.15, 0.2) is 0 Å².